The van der Waals surface area contributed by atoms with Gasteiger partial charge in [-0.3, -0.25) is 4.79 Å². The van der Waals surface area contributed by atoms with Gasteiger partial charge in [0, 0.05) is 34.8 Å². The number of tetrazole rings is 1. The van der Waals surface area contributed by atoms with Crippen LogP contribution in [0.1, 0.15) is 49.1 Å². The van der Waals surface area contributed by atoms with Gasteiger partial charge in [-0.25, -0.2) is 9.37 Å². The number of carbonyl (C=O) groups excluding carboxylic acids is 1. The fourth-order valence-corrected chi connectivity index (χ4v) is 4.57. The molecule has 0 bridgehead atoms. The molecule has 1 saturated heterocycles. The third kappa shape index (κ3) is 3.82. The monoisotopic (exact) mass is 545 g/mol. The second kappa shape index (κ2) is 9.26. The van der Waals surface area contributed by atoms with E-state index < -0.39 is 77.2 Å². The number of rotatable bonds is 5. The molecule has 2 atom stereocenters. The molecule has 6 rings (SSSR count). The van der Waals surface area contributed by atoms with Gasteiger partial charge in [-0.05, 0) is 47.3 Å². The Morgan fingerprint density at radius 3 is 2.95 bits per heavy atom. The molecule has 4 aromatic rings. The predicted octanol–water partition coefficient (Wildman–Crippen LogP) is 2.63. The van der Waals surface area contributed by atoms with Crippen LogP contribution in [-0.4, -0.2) is 52.1 Å². The summed E-state index contributed by atoms with van der Waals surface area (Å²) in [5.74, 6) is -3.29. The van der Waals surface area contributed by atoms with Crippen molar-refractivity contribution < 1.29 is 30.3 Å². The van der Waals surface area contributed by atoms with Crippen molar-refractivity contribution in [1.29, 1.82) is 0 Å². The molecular weight excluding hydrogens is 522 g/mol. The van der Waals surface area contributed by atoms with E-state index in [-0.39, 0.29) is 27.5 Å². The Kier molecular flexibility index (Phi) is 4.61. The van der Waals surface area contributed by atoms with Crippen molar-refractivity contribution in [2.45, 2.75) is 37.8 Å². The fraction of sp³-hybridized carbons (Fsp3) is 0.250. The maximum Gasteiger partial charge on any atom is 0.254 e. The van der Waals surface area contributed by atoms with Crippen molar-refractivity contribution in [3.05, 3.63) is 81.9 Å². The zero-order valence-corrected chi connectivity index (χ0v) is 19.8. The summed E-state index contributed by atoms with van der Waals surface area (Å²) in [5, 5.41) is 31.4. The lowest BCUT2D eigenvalue weighted by atomic mass is 9.92. The molecule has 3 aromatic heterocycles. The van der Waals surface area contributed by atoms with Crippen LogP contribution in [0.3, 0.4) is 0 Å². The Labute approximate surface area is 225 Å². The van der Waals surface area contributed by atoms with Gasteiger partial charge in [-0.1, -0.05) is 11.6 Å². The number of pyridine rings is 1. The number of aliphatic hydroxyl groups excluding tert-OH is 1. The minimum Gasteiger partial charge on any atom is -0.618 e. The van der Waals surface area contributed by atoms with E-state index in [2.05, 4.69) is 25.5 Å². The van der Waals surface area contributed by atoms with Crippen molar-refractivity contribution in [2.75, 3.05) is 0 Å². The minimum atomic E-state index is -3.05. The molecule has 14 heteroatoms. The number of benzene rings is 1. The van der Waals surface area contributed by atoms with E-state index in [0.717, 1.165) is 35.5 Å². The van der Waals surface area contributed by atoms with E-state index in [4.69, 9.17) is 17.1 Å². The Bertz CT molecular complexity index is 1820. The highest BCUT2D eigenvalue weighted by Crippen LogP contribution is 2.44. The molecule has 0 aliphatic carbocycles. The summed E-state index contributed by atoms with van der Waals surface area (Å²) in [6.45, 7) is -0.886. The molecule has 0 spiro atoms. The van der Waals surface area contributed by atoms with Gasteiger partial charge in [-0.15, -0.1) is 5.10 Å². The van der Waals surface area contributed by atoms with Crippen molar-refractivity contribution in [3.63, 3.8) is 0 Å². The van der Waals surface area contributed by atoms with E-state index in [1.807, 2.05) is 0 Å². The van der Waals surface area contributed by atoms with Gasteiger partial charge >= 0.3 is 0 Å². The second-order valence-electron chi connectivity index (χ2n) is 8.30. The van der Waals surface area contributed by atoms with Crippen LogP contribution < -0.4 is 4.73 Å². The maximum atomic E-state index is 15.6. The van der Waals surface area contributed by atoms with E-state index in [1.165, 1.54) is 12.1 Å². The molecule has 2 aliphatic rings. The summed E-state index contributed by atoms with van der Waals surface area (Å²) < 4.78 is 76.5. The van der Waals surface area contributed by atoms with Crippen molar-refractivity contribution in [2.24, 2.45) is 0 Å². The average Bonchev–Trinajstić information content (AvgIpc) is 3.69. The van der Waals surface area contributed by atoms with E-state index in [1.54, 1.807) is 0 Å². The van der Waals surface area contributed by atoms with Crippen LogP contribution in [0.5, 0.6) is 0 Å². The minimum absolute atomic E-state index is 0.0154. The largest absolute Gasteiger partial charge is 0.618 e. The number of H-pyrrole nitrogens is 1. The van der Waals surface area contributed by atoms with Gasteiger partial charge in [0.1, 0.15) is 18.8 Å². The molecule has 38 heavy (non-hydrogen) atoms. The van der Waals surface area contributed by atoms with Gasteiger partial charge in [0.2, 0.25) is 11.7 Å². The van der Waals surface area contributed by atoms with Crippen LogP contribution in [0.4, 0.5) is 8.78 Å². The first-order valence-corrected chi connectivity index (χ1v) is 11.5. The van der Waals surface area contributed by atoms with Crippen LogP contribution in [0.15, 0.2) is 43.0 Å². The normalized spacial score (nSPS) is 25.6. The Morgan fingerprint density at radius 1 is 1.34 bits per heavy atom. The molecule has 1 fully saturated rings. The summed E-state index contributed by atoms with van der Waals surface area (Å²) in [6.07, 6.45) is -2.38. The second-order valence-corrected chi connectivity index (χ2v) is 8.71. The first kappa shape index (κ1) is 18.9. The van der Waals surface area contributed by atoms with E-state index >= 15 is 4.39 Å². The molecule has 2 aliphatic heterocycles. The summed E-state index contributed by atoms with van der Waals surface area (Å²) in [5.41, 5.74) is -1.97. The number of aromatic nitrogens is 7. The number of hydrogen-bond acceptors (Lipinski definition) is 7. The van der Waals surface area contributed by atoms with E-state index in [0.29, 0.717) is 4.90 Å². The molecule has 0 radical (unpaired) electrons. The third-order valence-corrected chi connectivity index (χ3v) is 6.49. The first-order valence-electron chi connectivity index (χ1n) is 13.6. The summed E-state index contributed by atoms with van der Waals surface area (Å²) in [4.78, 5) is 21.3. The summed E-state index contributed by atoms with van der Waals surface area (Å²) in [7, 11) is 0. The zero-order valence-electron chi connectivity index (χ0n) is 24.1. The SMILES string of the molecule is [2H]C1([2H])C[C@@H](c2ncc(-c3cc[n+]([O-])c(CO)c3F)[nH]2)N2C(=O)C=C(c3c(-n4cnnn4)ccc(Cl)c3F)C([2H])([2H])[C@]21[2H]. The van der Waals surface area contributed by atoms with Crippen molar-refractivity contribution in [3.8, 4) is 16.9 Å². The molecule has 0 unspecified atom stereocenters. The smallest absolute Gasteiger partial charge is 0.254 e. The predicted molar refractivity (Wildman–Crippen MR) is 128 cm³/mol. The molecule has 0 saturated carbocycles. The lowest BCUT2D eigenvalue weighted by Crippen LogP contribution is -2.39. The Hall–Kier alpha value is -4.23. The van der Waals surface area contributed by atoms with Gasteiger partial charge < -0.3 is 20.2 Å². The van der Waals surface area contributed by atoms with Gasteiger partial charge in [-0.2, -0.15) is 13.8 Å². The van der Waals surface area contributed by atoms with E-state index in [9.17, 15) is 20.9 Å². The fourth-order valence-electron chi connectivity index (χ4n) is 4.41. The number of imidazole rings is 1. The quantitative estimate of drug-likeness (QED) is 0.290. The van der Waals surface area contributed by atoms with Crippen LogP contribution in [0, 0.1) is 16.8 Å². The Balaban J connectivity index is 1.49. The number of hydrogen-bond donors (Lipinski definition) is 2. The standard InChI is InChI=1S/C24H19ClF2N8O3/c25-15-2-4-17(33-11-29-31-32-33)21(23(15)27)12-7-13-1-3-18(35(13)20(37)8-12)24-28-9-16(30-24)14-5-6-34(38)19(10-36)22(14)26/h2,4-6,8-9,11,13,18,36H,1,3,7,10H2,(H,28,30)/t13-,18+/m1/s1/i1D2,7D2,13D. The molecule has 2 N–H and O–H groups in total. The van der Waals surface area contributed by atoms with Crippen LogP contribution in [0.2, 0.25) is 5.02 Å². The number of fused-ring (bicyclic) bond motifs is 1. The van der Waals surface area contributed by atoms with Crippen LogP contribution in [0.25, 0.3) is 22.5 Å². The third-order valence-electron chi connectivity index (χ3n) is 6.20. The Morgan fingerprint density at radius 2 is 2.18 bits per heavy atom. The number of carbonyl (C=O) groups is 1. The number of amides is 1. The molecule has 1 aromatic carbocycles. The van der Waals surface area contributed by atoms with Crippen molar-refractivity contribution >= 4 is 23.1 Å². The molecule has 11 nitrogen and oxygen atoms in total. The first-order chi connectivity index (χ1) is 20.2. The van der Waals surface area contributed by atoms with Gasteiger partial charge in [0.25, 0.3) is 5.69 Å². The zero-order chi connectivity index (χ0) is 31.1. The lowest BCUT2D eigenvalue weighted by Gasteiger charge is -2.33. The van der Waals surface area contributed by atoms with Crippen molar-refractivity contribution in [1.82, 2.24) is 35.1 Å². The van der Waals surface area contributed by atoms with Crippen LogP contribution in [-0.2, 0) is 11.4 Å². The molecule has 194 valence electrons. The number of nitrogens with zero attached hydrogens (tertiary/aromatic N) is 7. The maximum absolute atomic E-state index is 15.6. The van der Waals surface area contributed by atoms with Crippen LogP contribution >= 0.6 is 11.6 Å². The molecule has 5 heterocycles. The lowest BCUT2D eigenvalue weighted by molar-refractivity contribution is -0.618. The topological polar surface area (TPSA) is 140 Å². The highest BCUT2D eigenvalue weighted by atomic mass is 35.5. The van der Waals surface area contributed by atoms with Gasteiger partial charge in [0.15, 0.2) is 12.0 Å². The highest BCUT2D eigenvalue weighted by Gasteiger charge is 2.42. The summed E-state index contributed by atoms with van der Waals surface area (Å²) in [6, 6.07) is -0.698. The molecule has 1 amide bonds. The summed E-state index contributed by atoms with van der Waals surface area (Å²) >= 11 is 6.02. The number of aromatic amines is 1. The molecular formula is C24H19ClF2N8O3. The number of aliphatic hydroxyl groups is 1. The number of nitrogens with one attached hydrogen (secondary N) is 1. The van der Waals surface area contributed by atoms with Gasteiger partial charge in [0.05, 0.1) is 30.0 Å². The average molecular weight is 546 g/mol. The highest BCUT2D eigenvalue weighted by molar-refractivity contribution is 6.31. The number of halogens is 3.